The second-order valence-electron chi connectivity index (χ2n) is 5.52. The molecule has 0 aliphatic carbocycles. The standard InChI is InChI=1S/C17H12N4O5/c22-12-3-2-9-6-10(26-14(9)13(12)17(24)25)7-19-16(23)11-8-20-21-5-1-4-18-15(11)21/h1-6,8,22H,7H2,(H,19,23)(H,24,25). The smallest absolute Gasteiger partial charge is 0.343 e. The third-order valence-corrected chi connectivity index (χ3v) is 3.88. The summed E-state index contributed by atoms with van der Waals surface area (Å²) in [5, 5.41) is 26.2. The Morgan fingerprint density at radius 2 is 2.15 bits per heavy atom. The Balaban J connectivity index is 1.59. The number of aromatic hydroxyl groups is 1. The number of carboxylic acid groups (broad SMARTS) is 1. The molecule has 0 aliphatic heterocycles. The van der Waals surface area contributed by atoms with E-state index >= 15 is 0 Å². The van der Waals surface area contributed by atoms with Crippen molar-refractivity contribution >= 4 is 28.5 Å². The van der Waals surface area contributed by atoms with E-state index in [2.05, 4.69) is 15.4 Å². The first-order chi connectivity index (χ1) is 12.5. The molecule has 0 aliphatic rings. The van der Waals surface area contributed by atoms with Crippen LogP contribution in [0.25, 0.3) is 16.6 Å². The summed E-state index contributed by atoms with van der Waals surface area (Å²) in [6.07, 6.45) is 4.65. The van der Waals surface area contributed by atoms with Crippen LogP contribution in [0.3, 0.4) is 0 Å². The zero-order valence-corrected chi connectivity index (χ0v) is 13.2. The Morgan fingerprint density at radius 1 is 1.31 bits per heavy atom. The van der Waals surface area contributed by atoms with Crippen molar-refractivity contribution in [2.75, 3.05) is 0 Å². The van der Waals surface area contributed by atoms with E-state index < -0.39 is 5.97 Å². The molecule has 0 bridgehead atoms. The number of rotatable bonds is 4. The summed E-state index contributed by atoms with van der Waals surface area (Å²) in [5.41, 5.74) is 0.476. The van der Waals surface area contributed by atoms with E-state index in [0.717, 1.165) is 0 Å². The number of amides is 1. The highest BCUT2D eigenvalue weighted by atomic mass is 16.4. The maximum absolute atomic E-state index is 12.4. The molecule has 3 aromatic heterocycles. The molecule has 0 unspecified atom stereocenters. The number of nitrogens with zero attached hydrogens (tertiary/aromatic N) is 3. The number of hydrogen-bond acceptors (Lipinski definition) is 6. The van der Waals surface area contributed by atoms with Crippen LogP contribution in [-0.4, -0.2) is 36.7 Å². The van der Waals surface area contributed by atoms with Gasteiger partial charge in [-0.25, -0.2) is 14.3 Å². The second-order valence-corrected chi connectivity index (χ2v) is 5.52. The summed E-state index contributed by atoms with van der Waals surface area (Å²) in [6.45, 7) is 0.0392. The van der Waals surface area contributed by atoms with Crippen LogP contribution in [0.1, 0.15) is 26.5 Å². The molecular formula is C17H12N4O5. The van der Waals surface area contributed by atoms with Gasteiger partial charge in [-0.05, 0) is 24.3 Å². The van der Waals surface area contributed by atoms with Crippen molar-refractivity contribution in [1.82, 2.24) is 19.9 Å². The van der Waals surface area contributed by atoms with Gasteiger partial charge in [0, 0.05) is 17.8 Å². The van der Waals surface area contributed by atoms with E-state index in [1.54, 1.807) is 30.6 Å². The van der Waals surface area contributed by atoms with Crippen molar-refractivity contribution in [3.63, 3.8) is 0 Å². The van der Waals surface area contributed by atoms with Gasteiger partial charge in [-0.2, -0.15) is 5.10 Å². The van der Waals surface area contributed by atoms with Crippen LogP contribution in [0.4, 0.5) is 0 Å². The predicted molar refractivity (Wildman–Crippen MR) is 89.0 cm³/mol. The third-order valence-electron chi connectivity index (χ3n) is 3.88. The highest BCUT2D eigenvalue weighted by Gasteiger charge is 2.19. The summed E-state index contributed by atoms with van der Waals surface area (Å²) in [4.78, 5) is 27.8. The van der Waals surface area contributed by atoms with E-state index in [-0.39, 0.29) is 29.3 Å². The van der Waals surface area contributed by atoms with Crippen LogP contribution in [0.5, 0.6) is 5.75 Å². The number of phenols is 1. The van der Waals surface area contributed by atoms with Gasteiger partial charge in [0.2, 0.25) is 0 Å². The molecule has 3 heterocycles. The minimum absolute atomic E-state index is 0.0392. The summed E-state index contributed by atoms with van der Waals surface area (Å²) in [5.74, 6) is -1.71. The predicted octanol–water partition coefficient (Wildman–Crippen LogP) is 1.81. The van der Waals surface area contributed by atoms with Crippen LogP contribution in [0, 0.1) is 0 Å². The minimum atomic E-state index is -1.30. The lowest BCUT2D eigenvalue weighted by atomic mass is 10.1. The first-order valence-electron chi connectivity index (χ1n) is 7.59. The van der Waals surface area contributed by atoms with E-state index in [0.29, 0.717) is 22.4 Å². The number of aromatic nitrogens is 3. The van der Waals surface area contributed by atoms with Gasteiger partial charge >= 0.3 is 5.97 Å². The molecule has 0 spiro atoms. The highest BCUT2D eigenvalue weighted by molar-refractivity contribution is 6.04. The van der Waals surface area contributed by atoms with Crippen molar-refractivity contribution in [3.05, 3.63) is 59.7 Å². The van der Waals surface area contributed by atoms with Gasteiger partial charge in [0.05, 0.1) is 12.7 Å². The quantitative estimate of drug-likeness (QED) is 0.510. The molecule has 1 aromatic carbocycles. The monoisotopic (exact) mass is 352 g/mol. The molecule has 26 heavy (non-hydrogen) atoms. The fourth-order valence-electron chi connectivity index (χ4n) is 2.69. The zero-order valence-electron chi connectivity index (χ0n) is 13.2. The van der Waals surface area contributed by atoms with Crippen LogP contribution in [-0.2, 0) is 6.54 Å². The SMILES string of the molecule is O=C(O)c1c(O)ccc2cc(CNC(=O)c3cnn4cccnc34)oc12. The lowest BCUT2D eigenvalue weighted by Crippen LogP contribution is -2.22. The number of carbonyl (C=O) groups is 2. The maximum Gasteiger partial charge on any atom is 0.343 e. The maximum atomic E-state index is 12.4. The molecule has 9 nitrogen and oxygen atoms in total. The summed E-state index contributed by atoms with van der Waals surface area (Å²) in [7, 11) is 0. The van der Waals surface area contributed by atoms with Crippen molar-refractivity contribution in [3.8, 4) is 5.75 Å². The molecule has 3 N–H and O–H groups in total. The molecule has 1 amide bonds. The molecule has 0 saturated heterocycles. The van der Waals surface area contributed by atoms with Crippen LogP contribution in [0.15, 0.2) is 47.3 Å². The fraction of sp³-hybridized carbons (Fsp3) is 0.0588. The largest absolute Gasteiger partial charge is 0.507 e. The van der Waals surface area contributed by atoms with E-state index in [1.807, 2.05) is 0 Å². The second kappa shape index (κ2) is 5.88. The number of nitrogens with one attached hydrogen (secondary N) is 1. The number of carbonyl (C=O) groups excluding carboxylic acids is 1. The first kappa shape index (κ1) is 15.6. The van der Waals surface area contributed by atoms with Gasteiger partial charge in [0.1, 0.15) is 22.6 Å². The van der Waals surface area contributed by atoms with E-state index in [4.69, 9.17) is 4.42 Å². The summed E-state index contributed by atoms with van der Waals surface area (Å²) < 4.78 is 6.99. The van der Waals surface area contributed by atoms with Crippen LogP contribution in [0.2, 0.25) is 0 Å². The summed E-state index contributed by atoms with van der Waals surface area (Å²) >= 11 is 0. The van der Waals surface area contributed by atoms with Gasteiger partial charge in [-0.3, -0.25) is 4.79 Å². The van der Waals surface area contributed by atoms with E-state index in [9.17, 15) is 19.8 Å². The van der Waals surface area contributed by atoms with Crippen molar-refractivity contribution in [1.29, 1.82) is 0 Å². The molecule has 0 radical (unpaired) electrons. The molecule has 0 atom stereocenters. The highest BCUT2D eigenvalue weighted by Crippen LogP contribution is 2.29. The molecule has 9 heteroatoms. The van der Waals surface area contributed by atoms with Gasteiger partial charge in [-0.15, -0.1) is 0 Å². The molecular weight excluding hydrogens is 340 g/mol. The van der Waals surface area contributed by atoms with Crippen LogP contribution < -0.4 is 5.32 Å². The fourth-order valence-corrected chi connectivity index (χ4v) is 2.69. The lowest BCUT2D eigenvalue weighted by molar-refractivity contribution is 0.0694. The number of furan rings is 1. The number of fused-ring (bicyclic) bond motifs is 2. The average molecular weight is 352 g/mol. The normalized spacial score (nSPS) is 11.1. The van der Waals surface area contributed by atoms with E-state index in [1.165, 1.54) is 16.8 Å². The number of aromatic carboxylic acids is 1. The molecule has 4 rings (SSSR count). The first-order valence-corrected chi connectivity index (χ1v) is 7.59. The zero-order chi connectivity index (χ0) is 18.3. The van der Waals surface area contributed by atoms with Crippen molar-refractivity contribution < 1.29 is 24.2 Å². The number of benzene rings is 1. The number of hydrogen-bond donors (Lipinski definition) is 3. The molecule has 0 fully saturated rings. The number of carboxylic acids is 1. The van der Waals surface area contributed by atoms with Gasteiger partial charge in [0.25, 0.3) is 5.91 Å². The Labute approximate surface area is 145 Å². The molecule has 130 valence electrons. The van der Waals surface area contributed by atoms with Gasteiger partial charge in [-0.1, -0.05) is 0 Å². The Kier molecular flexibility index (Phi) is 3.54. The topological polar surface area (TPSA) is 130 Å². The third kappa shape index (κ3) is 2.51. The Hall–Kier alpha value is -3.88. The summed E-state index contributed by atoms with van der Waals surface area (Å²) in [6, 6.07) is 6.14. The molecule has 0 saturated carbocycles. The molecule has 4 aromatic rings. The average Bonchev–Trinajstić information content (AvgIpc) is 3.23. The Morgan fingerprint density at radius 3 is 2.96 bits per heavy atom. The lowest BCUT2D eigenvalue weighted by Gasteiger charge is -2.01. The van der Waals surface area contributed by atoms with Gasteiger partial charge < -0.3 is 19.9 Å². The Bertz CT molecular complexity index is 1160. The van der Waals surface area contributed by atoms with Crippen molar-refractivity contribution in [2.24, 2.45) is 0 Å². The van der Waals surface area contributed by atoms with Crippen LogP contribution >= 0.6 is 0 Å². The van der Waals surface area contributed by atoms with Crippen molar-refractivity contribution in [2.45, 2.75) is 6.54 Å². The minimum Gasteiger partial charge on any atom is -0.507 e. The van der Waals surface area contributed by atoms with Gasteiger partial charge in [0.15, 0.2) is 11.2 Å².